The molecular formula is C13H22N4O2. The third-order valence-corrected chi connectivity index (χ3v) is 2.91. The first-order valence-electron chi connectivity index (χ1n) is 6.50. The lowest BCUT2D eigenvalue weighted by Gasteiger charge is -2.24. The van der Waals surface area contributed by atoms with Crippen molar-refractivity contribution in [2.24, 2.45) is 0 Å². The Bertz CT molecular complexity index is 494. The summed E-state index contributed by atoms with van der Waals surface area (Å²) in [7, 11) is 0. The minimum absolute atomic E-state index is 0.0608. The average molecular weight is 266 g/mol. The van der Waals surface area contributed by atoms with Gasteiger partial charge in [0.15, 0.2) is 0 Å². The van der Waals surface area contributed by atoms with E-state index in [9.17, 15) is 9.59 Å². The molecule has 0 aliphatic heterocycles. The average Bonchev–Trinajstić information content (AvgIpc) is 2.32. The van der Waals surface area contributed by atoms with Gasteiger partial charge in [0.05, 0.1) is 11.9 Å². The quantitative estimate of drug-likeness (QED) is 0.804. The van der Waals surface area contributed by atoms with E-state index in [1.807, 2.05) is 27.7 Å². The largest absolute Gasteiger partial charge is 0.384 e. The third-order valence-electron chi connectivity index (χ3n) is 2.91. The van der Waals surface area contributed by atoms with Crippen LogP contribution in [0.4, 0.5) is 5.69 Å². The van der Waals surface area contributed by atoms with Crippen LogP contribution < -0.4 is 16.2 Å². The third kappa shape index (κ3) is 4.73. The molecule has 6 nitrogen and oxygen atoms in total. The van der Waals surface area contributed by atoms with E-state index in [0.717, 1.165) is 17.6 Å². The Morgan fingerprint density at radius 1 is 1.42 bits per heavy atom. The van der Waals surface area contributed by atoms with Gasteiger partial charge in [0, 0.05) is 18.2 Å². The second kappa shape index (κ2) is 6.36. The van der Waals surface area contributed by atoms with Gasteiger partial charge in [-0.3, -0.25) is 9.59 Å². The summed E-state index contributed by atoms with van der Waals surface area (Å²) in [5.41, 5.74) is 0.102. The van der Waals surface area contributed by atoms with Crippen LogP contribution in [0.15, 0.2) is 17.1 Å². The number of amides is 1. The lowest BCUT2D eigenvalue weighted by molar-refractivity contribution is -0.123. The number of hydrogen-bond donors (Lipinski definition) is 2. The summed E-state index contributed by atoms with van der Waals surface area (Å²) >= 11 is 0. The summed E-state index contributed by atoms with van der Waals surface area (Å²) < 4.78 is 1.15. The number of carbonyl (C=O) groups excluding carboxylic acids is 1. The summed E-state index contributed by atoms with van der Waals surface area (Å²) in [4.78, 5) is 23.6. The molecule has 1 aromatic heterocycles. The van der Waals surface area contributed by atoms with Crippen LogP contribution in [-0.2, 0) is 11.3 Å². The lowest BCUT2D eigenvalue weighted by Crippen LogP contribution is -2.45. The first-order chi connectivity index (χ1) is 8.88. The second-order valence-corrected chi connectivity index (χ2v) is 5.06. The van der Waals surface area contributed by atoms with E-state index in [1.165, 1.54) is 6.07 Å². The summed E-state index contributed by atoms with van der Waals surface area (Å²) in [5, 5.41) is 9.84. The molecule has 0 spiro atoms. The maximum atomic E-state index is 11.8. The molecule has 1 heterocycles. The van der Waals surface area contributed by atoms with Gasteiger partial charge in [0.2, 0.25) is 5.91 Å². The highest BCUT2D eigenvalue weighted by Gasteiger charge is 2.18. The summed E-state index contributed by atoms with van der Waals surface area (Å²) in [6.07, 6.45) is 2.36. The molecule has 1 rings (SSSR count). The molecule has 19 heavy (non-hydrogen) atoms. The minimum atomic E-state index is -0.289. The predicted molar refractivity (Wildman–Crippen MR) is 75.2 cm³/mol. The van der Waals surface area contributed by atoms with E-state index in [1.54, 1.807) is 6.20 Å². The van der Waals surface area contributed by atoms with E-state index in [-0.39, 0.29) is 23.6 Å². The van der Waals surface area contributed by atoms with Crippen LogP contribution >= 0.6 is 0 Å². The van der Waals surface area contributed by atoms with Crippen LogP contribution in [0.3, 0.4) is 0 Å². The molecule has 2 N–H and O–H groups in total. The standard InChI is InChI=1S/C13H22N4O2/c1-5-13(3,4)16-11(18)9-17-12(19)7-10(8-15-17)14-6-2/h7-8,14H,5-6,9H2,1-4H3,(H,16,18). The molecular weight excluding hydrogens is 244 g/mol. The van der Waals surface area contributed by atoms with Crippen molar-refractivity contribution in [3.8, 4) is 0 Å². The van der Waals surface area contributed by atoms with Crippen molar-refractivity contribution in [2.45, 2.75) is 46.2 Å². The summed E-state index contributed by atoms with van der Waals surface area (Å²) in [6.45, 7) is 8.47. The monoisotopic (exact) mass is 266 g/mol. The molecule has 1 aromatic rings. The smallest absolute Gasteiger partial charge is 0.269 e. The van der Waals surface area contributed by atoms with Crippen molar-refractivity contribution in [1.29, 1.82) is 0 Å². The van der Waals surface area contributed by atoms with Crippen molar-refractivity contribution in [3.63, 3.8) is 0 Å². The molecule has 0 saturated heterocycles. The molecule has 0 aromatic carbocycles. The van der Waals surface area contributed by atoms with Gasteiger partial charge >= 0.3 is 0 Å². The highest BCUT2D eigenvalue weighted by molar-refractivity contribution is 5.76. The van der Waals surface area contributed by atoms with E-state index < -0.39 is 0 Å². The van der Waals surface area contributed by atoms with Gasteiger partial charge in [-0.15, -0.1) is 0 Å². The number of nitrogens with zero attached hydrogens (tertiary/aromatic N) is 2. The molecule has 0 aliphatic rings. The fourth-order valence-corrected chi connectivity index (χ4v) is 1.49. The molecule has 0 saturated carbocycles. The number of nitrogens with one attached hydrogen (secondary N) is 2. The Balaban J connectivity index is 2.72. The highest BCUT2D eigenvalue weighted by atomic mass is 16.2. The molecule has 0 atom stereocenters. The van der Waals surface area contributed by atoms with E-state index in [0.29, 0.717) is 5.69 Å². The SMILES string of the molecule is CCNc1cnn(CC(=O)NC(C)(C)CC)c(=O)c1. The molecule has 0 aliphatic carbocycles. The predicted octanol–water partition coefficient (Wildman–Crippen LogP) is 0.980. The van der Waals surface area contributed by atoms with Crippen molar-refractivity contribution >= 4 is 11.6 Å². The number of aromatic nitrogens is 2. The molecule has 106 valence electrons. The Kier molecular flexibility index (Phi) is 5.09. The number of anilines is 1. The van der Waals surface area contributed by atoms with Gasteiger partial charge in [0.1, 0.15) is 6.54 Å². The number of carbonyl (C=O) groups is 1. The van der Waals surface area contributed by atoms with Crippen molar-refractivity contribution in [3.05, 3.63) is 22.6 Å². The summed E-state index contributed by atoms with van der Waals surface area (Å²) in [5.74, 6) is -0.211. The van der Waals surface area contributed by atoms with Gasteiger partial charge in [-0.1, -0.05) is 6.92 Å². The molecule has 0 bridgehead atoms. The van der Waals surface area contributed by atoms with Crippen LogP contribution in [0.2, 0.25) is 0 Å². The number of hydrogen-bond acceptors (Lipinski definition) is 4. The van der Waals surface area contributed by atoms with Gasteiger partial charge < -0.3 is 10.6 Å². The van der Waals surface area contributed by atoms with Crippen LogP contribution in [0.1, 0.15) is 34.1 Å². The Morgan fingerprint density at radius 2 is 2.11 bits per heavy atom. The molecule has 0 fully saturated rings. The van der Waals surface area contributed by atoms with Gasteiger partial charge in [-0.2, -0.15) is 5.10 Å². The van der Waals surface area contributed by atoms with Crippen LogP contribution in [0.5, 0.6) is 0 Å². The normalized spacial score (nSPS) is 11.2. The first-order valence-corrected chi connectivity index (χ1v) is 6.50. The maximum Gasteiger partial charge on any atom is 0.269 e. The fourth-order valence-electron chi connectivity index (χ4n) is 1.49. The zero-order valence-corrected chi connectivity index (χ0v) is 12.0. The second-order valence-electron chi connectivity index (χ2n) is 5.06. The van der Waals surface area contributed by atoms with Crippen molar-refractivity contribution in [1.82, 2.24) is 15.1 Å². The van der Waals surface area contributed by atoms with E-state index >= 15 is 0 Å². The topological polar surface area (TPSA) is 76.0 Å². The van der Waals surface area contributed by atoms with Gasteiger partial charge in [0.25, 0.3) is 5.56 Å². The van der Waals surface area contributed by atoms with Crippen molar-refractivity contribution in [2.75, 3.05) is 11.9 Å². The van der Waals surface area contributed by atoms with Gasteiger partial charge in [-0.25, -0.2) is 4.68 Å². The molecule has 0 radical (unpaired) electrons. The lowest BCUT2D eigenvalue weighted by atomic mass is 10.0. The zero-order chi connectivity index (χ0) is 14.5. The zero-order valence-electron chi connectivity index (χ0n) is 12.0. The van der Waals surface area contributed by atoms with Crippen LogP contribution in [0, 0.1) is 0 Å². The van der Waals surface area contributed by atoms with Crippen molar-refractivity contribution < 1.29 is 4.79 Å². The van der Waals surface area contributed by atoms with E-state index in [2.05, 4.69) is 15.7 Å². The Hall–Kier alpha value is -1.85. The Labute approximate surface area is 113 Å². The summed E-state index contributed by atoms with van der Waals surface area (Å²) in [6, 6.07) is 1.44. The van der Waals surface area contributed by atoms with Crippen LogP contribution in [-0.4, -0.2) is 27.8 Å². The fraction of sp³-hybridized carbons (Fsp3) is 0.615. The number of rotatable bonds is 6. The Morgan fingerprint density at radius 3 is 2.63 bits per heavy atom. The molecule has 6 heteroatoms. The molecule has 0 unspecified atom stereocenters. The molecule has 1 amide bonds. The van der Waals surface area contributed by atoms with E-state index in [4.69, 9.17) is 0 Å². The maximum absolute atomic E-state index is 11.8. The highest BCUT2D eigenvalue weighted by Crippen LogP contribution is 2.06. The minimum Gasteiger partial charge on any atom is -0.384 e. The van der Waals surface area contributed by atoms with Crippen LogP contribution in [0.25, 0.3) is 0 Å². The first kappa shape index (κ1) is 15.2. The van der Waals surface area contributed by atoms with Gasteiger partial charge in [-0.05, 0) is 27.2 Å².